The molecule has 1 unspecified atom stereocenters. The monoisotopic (exact) mass is 276 g/mol. The summed E-state index contributed by atoms with van der Waals surface area (Å²) in [7, 11) is 0. The van der Waals surface area contributed by atoms with Crippen LogP contribution in [-0.2, 0) is 9.59 Å². The van der Waals surface area contributed by atoms with Gasteiger partial charge in [-0.15, -0.1) is 0 Å². The van der Waals surface area contributed by atoms with Crippen LogP contribution in [0.2, 0.25) is 0 Å². The van der Waals surface area contributed by atoms with Crippen LogP contribution in [0.5, 0.6) is 0 Å². The van der Waals surface area contributed by atoms with Crippen LogP contribution in [-0.4, -0.2) is 23.7 Å². The van der Waals surface area contributed by atoms with Crippen molar-refractivity contribution >= 4 is 23.7 Å². The van der Waals surface area contributed by atoms with Crippen LogP contribution in [0, 0.1) is 11.7 Å². The van der Waals surface area contributed by atoms with Crippen molar-refractivity contribution < 1.29 is 14.0 Å². The number of nitrogens with one attached hydrogen (secondary N) is 2. The van der Waals surface area contributed by atoms with Crippen LogP contribution in [0.15, 0.2) is 34.5 Å². The number of carbonyl (C=O) groups is 2. The van der Waals surface area contributed by atoms with Crippen molar-refractivity contribution in [3.05, 3.63) is 35.6 Å². The smallest absolute Gasteiger partial charge is 0.249 e. The molecule has 0 spiro atoms. The van der Waals surface area contributed by atoms with Crippen LogP contribution in [0.3, 0.4) is 0 Å². The molecule has 20 heavy (non-hydrogen) atoms. The molecule has 0 aromatic heterocycles. The second kappa shape index (κ2) is 6.05. The Hall–Kier alpha value is -2.57. The predicted molar refractivity (Wildman–Crippen MR) is 71.5 cm³/mol. The van der Waals surface area contributed by atoms with Crippen LogP contribution in [0.25, 0.3) is 0 Å². The Kier molecular flexibility index (Phi) is 4.19. The Morgan fingerprint density at radius 1 is 1.50 bits per heavy atom. The van der Waals surface area contributed by atoms with E-state index in [4.69, 9.17) is 0 Å². The fraction of sp³-hybridized carbons (Fsp3) is 0.231. The van der Waals surface area contributed by atoms with E-state index in [1.54, 1.807) is 6.92 Å². The van der Waals surface area contributed by atoms with Gasteiger partial charge in [0.1, 0.15) is 5.82 Å². The van der Waals surface area contributed by atoms with Crippen molar-refractivity contribution in [2.24, 2.45) is 16.1 Å². The number of hydrogen-bond donors (Lipinski definition) is 2. The van der Waals surface area contributed by atoms with Crippen LogP contribution in [0.4, 0.5) is 4.39 Å². The molecule has 0 radical (unpaired) electrons. The van der Waals surface area contributed by atoms with Gasteiger partial charge in [-0.3, -0.25) is 9.59 Å². The highest BCUT2D eigenvalue weighted by Crippen LogP contribution is 2.11. The fourth-order valence-corrected chi connectivity index (χ4v) is 1.69. The molecule has 1 aliphatic rings. The average molecular weight is 276 g/mol. The minimum absolute atomic E-state index is 0.0120. The zero-order valence-electron chi connectivity index (χ0n) is 10.8. The number of hydrazone groups is 2. The second-order valence-electron chi connectivity index (χ2n) is 4.33. The number of rotatable bonds is 4. The summed E-state index contributed by atoms with van der Waals surface area (Å²) in [6, 6.07) is 5.66. The molecule has 2 rings (SSSR count). The van der Waals surface area contributed by atoms with E-state index < -0.39 is 5.92 Å². The molecule has 0 saturated heterocycles. The van der Waals surface area contributed by atoms with Crippen LogP contribution >= 0.6 is 0 Å². The molecule has 0 bridgehead atoms. The molecule has 1 aromatic carbocycles. The quantitative estimate of drug-likeness (QED) is 0.629. The van der Waals surface area contributed by atoms with Crippen LogP contribution in [0.1, 0.15) is 18.9 Å². The van der Waals surface area contributed by atoms with Crippen molar-refractivity contribution in [2.45, 2.75) is 13.3 Å². The maximum atomic E-state index is 12.7. The van der Waals surface area contributed by atoms with Crippen LogP contribution < -0.4 is 10.9 Å². The molecule has 1 aromatic rings. The summed E-state index contributed by atoms with van der Waals surface area (Å²) >= 11 is 0. The number of amides is 2. The van der Waals surface area contributed by atoms with E-state index in [-0.39, 0.29) is 24.1 Å². The normalized spacial score (nSPS) is 18.0. The number of nitrogens with zero attached hydrogens (tertiary/aromatic N) is 2. The number of halogens is 1. The Balaban J connectivity index is 1.85. The van der Waals surface area contributed by atoms with Crippen molar-refractivity contribution in [3.63, 3.8) is 0 Å². The highest BCUT2D eigenvalue weighted by atomic mass is 19.1. The van der Waals surface area contributed by atoms with Gasteiger partial charge >= 0.3 is 0 Å². The summed E-state index contributed by atoms with van der Waals surface area (Å²) < 4.78 is 12.7. The van der Waals surface area contributed by atoms with E-state index in [0.717, 1.165) is 0 Å². The molecule has 1 heterocycles. The summed E-state index contributed by atoms with van der Waals surface area (Å²) in [6.07, 6.45) is 1.38. The van der Waals surface area contributed by atoms with E-state index in [2.05, 4.69) is 21.1 Å². The molecule has 1 atom stereocenters. The standard InChI is InChI=1S/C13H13FN4O2/c1-8-11(13(20)18-16-8)6-12(19)17-15-7-9-2-4-10(14)5-3-9/h2-5,7,11H,6H2,1H3,(H,17,19)(H,18,20)/b15-7+. The third-order valence-electron chi connectivity index (χ3n) is 2.83. The van der Waals surface area contributed by atoms with Crippen molar-refractivity contribution in [1.82, 2.24) is 10.9 Å². The van der Waals surface area contributed by atoms with E-state index in [0.29, 0.717) is 11.3 Å². The number of benzene rings is 1. The van der Waals surface area contributed by atoms with E-state index in [1.165, 1.54) is 30.5 Å². The first-order valence-corrected chi connectivity index (χ1v) is 5.98. The van der Waals surface area contributed by atoms with Gasteiger partial charge in [0, 0.05) is 12.1 Å². The highest BCUT2D eigenvalue weighted by molar-refractivity contribution is 6.09. The van der Waals surface area contributed by atoms with Gasteiger partial charge in [0.25, 0.3) is 0 Å². The van der Waals surface area contributed by atoms with Gasteiger partial charge in [-0.1, -0.05) is 12.1 Å². The SMILES string of the molecule is CC1=NNC(=O)C1CC(=O)N/N=C/c1ccc(F)cc1. The molecule has 0 saturated carbocycles. The summed E-state index contributed by atoms with van der Waals surface area (Å²) in [5.74, 6) is -1.57. The van der Waals surface area contributed by atoms with Gasteiger partial charge in [-0.2, -0.15) is 10.2 Å². The summed E-state index contributed by atoms with van der Waals surface area (Å²) in [5, 5.41) is 7.50. The van der Waals surface area contributed by atoms with Crippen molar-refractivity contribution in [2.75, 3.05) is 0 Å². The Bertz CT molecular complexity index is 581. The lowest BCUT2D eigenvalue weighted by atomic mass is 10.0. The predicted octanol–water partition coefficient (Wildman–Crippen LogP) is 0.788. The van der Waals surface area contributed by atoms with E-state index >= 15 is 0 Å². The van der Waals surface area contributed by atoms with Gasteiger partial charge in [0.05, 0.1) is 12.1 Å². The van der Waals surface area contributed by atoms with Crippen molar-refractivity contribution in [3.8, 4) is 0 Å². The first-order valence-electron chi connectivity index (χ1n) is 5.98. The molecule has 1 aliphatic heterocycles. The first-order chi connectivity index (χ1) is 9.56. The van der Waals surface area contributed by atoms with Gasteiger partial charge in [0.15, 0.2) is 0 Å². The molecule has 6 nitrogen and oxygen atoms in total. The summed E-state index contributed by atoms with van der Waals surface area (Å²) in [4.78, 5) is 23.0. The number of hydrogen-bond acceptors (Lipinski definition) is 4. The molecule has 0 fully saturated rings. The Labute approximate surface area is 114 Å². The van der Waals surface area contributed by atoms with Gasteiger partial charge in [0.2, 0.25) is 11.8 Å². The minimum atomic E-state index is -0.545. The average Bonchev–Trinajstić information content (AvgIpc) is 2.73. The van der Waals surface area contributed by atoms with E-state index in [1.807, 2.05) is 0 Å². The maximum absolute atomic E-state index is 12.7. The largest absolute Gasteiger partial charge is 0.273 e. The highest BCUT2D eigenvalue weighted by Gasteiger charge is 2.28. The first kappa shape index (κ1) is 13.9. The fourth-order valence-electron chi connectivity index (χ4n) is 1.69. The molecule has 2 N–H and O–H groups in total. The third kappa shape index (κ3) is 3.47. The lowest BCUT2D eigenvalue weighted by Crippen LogP contribution is -2.29. The van der Waals surface area contributed by atoms with E-state index in [9.17, 15) is 14.0 Å². The lowest BCUT2D eigenvalue weighted by Gasteiger charge is -2.05. The zero-order valence-corrected chi connectivity index (χ0v) is 10.8. The molecule has 7 heteroatoms. The molecule has 0 aliphatic carbocycles. The minimum Gasteiger partial charge on any atom is -0.273 e. The van der Waals surface area contributed by atoms with Crippen molar-refractivity contribution in [1.29, 1.82) is 0 Å². The lowest BCUT2D eigenvalue weighted by molar-refractivity contribution is -0.127. The molecule has 2 amide bonds. The second-order valence-corrected chi connectivity index (χ2v) is 4.33. The summed E-state index contributed by atoms with van der Waals surface area (Å²) in [5.41, 5.74) is 5.85. The third-order valence-corrected chi connectivity index (χ3v) is 2.83. The zero-order chi connectivity index (χ0) is 14.5. The topological polar surface area (TPSA) is 82.9 Å². The Morgan fingerprint density at radius 2 is 2.20 bits per heavy atom. The molecular formula is C13H13FN4O2. The molecular weight excluding hydrogens is 263 g/mol. The summed E-state index contributed by atoms with van der Waals surface area (Å²) in [6.45, 7) is 1.68. The van der Waals surface area contributed by atoms with Gasteiger partial charge in [-0.25, -0.2) is 15.2 Å². The molecule has 104 valence electrons. The number of carbonyl (C=O) groups excluding carboxylic acids is 2. The Morgan fingerprint density at radius 3 is 2.80 bits per heavy atom. The van der Waals surface area contributed by atoms with Gasteiger partial charge in [-0.05, 0) is 24.6 Å². The maximum Gasteiger partial charge on any atom is 0.249 e. The van der Waals surface area contributed by atoms with Gasteiger partial charge < -0.3 is 0 Å².